The maximum Gasteiger partial charge on any atom is 0.0881 e. The maximum absolute atomic E-state index is 5.86. The van der Waals surface area contributed by atoms with Crippen LogP contribution < -0.4 is 5.32 Å². The second kappa shape index (κ2) is 5.95. The van der Waals surface area contributed by atoms with E-state index in [1.165, 1.54) is 16.5 Å². The summed E-state index contributed by atoms with van der Waals surface area (Å²) in [4.78, 5) is 2.34. The molecule has 0 bridgehead atoms. The summed E-state index contributed by atoms with van der Waals surface area (Å²) in [5.74, 6) is 0. The van der Waals surface area contributed by atoms with Crippen LogP contribution in [0.2, 0.25) is 0 Å². The first-order valence-electron chi connectivity index (χ1n) is 7.29. The summed E-state index contributed by atoms with van der Waals surface area (Å²) < 4.78 is 8.17. The van der Waals surface area contributed by atoms with Gasteiger partial charge in [0.2, 0.25) is 0 Å². The molecule has 1 saturated heterocycles. The number of morpholine rings is 1. The Balaban J connectivity index is 1.78. The summed E-state index contributed by atoms with van der Waals surface area (Å²) >= 11 is 0. The zero-order chi connectivity index (χ0) is 13.9. The average molecular weight is 273 g/mol. The molecular weight excluding hydrogens is 250 g/mol. The van der Waals surface area contributed by atoms with Crippen molar-refractivity contribution in [1.82, 2.24) is 14.8 Å². The lowest BCUT2D eigenvalue weighted by Crippen LogP contribution is -2.41. The number of hydrogen-bond acceptors (Lipinski definition) is 3. The summed E-state index contributed by atoms with van der Waals surface area (Å²) in [7, 11) is 4.14. The molecule has 1 unspecified atom stereocenters. The largest absolute Gasteiger partial charge is 0.374 e. The van der Waals surface area contributed by atoms with Gasteiger partial charge in [0.15, 0.2) is 0 Å². The molecule has 1 aliphatic heterocycles. The molecule has 0 spiro atoms. The van der Waals surface area contributed by atoms with E-state index in [1.54, 1.807) is 0 Å². The van der Waals surface area contributed by atoms with Crippen molar-refractivity contribution < 1.29 is 4.74 Å². The van der Waals surface area contributed by atoms with Crippen molar-refractivity contribution in [1.29, 1.82) is 0 Å². The first kappa shape index (κ1) is 13.6. The van der Waals surface area contributed by atoms with Crippen LogP contribution in [-0.2, 0) is 17.8 Å². The van der Waals surface area contributed by atoms with Gasteiger partial charge in [-0.1, -0.05) is 6.07 Å². The number of ether oxygens (including phenoxy) is 1. The topological polar surface area (TPSA) is 29.4 Å². The van der Waals surface area contributed by atoms with Crippen molar-refractivity contribution in [3.63, 3.8) is 0 Å². The summed E-state index contributed by atoms with van der Waals surface area (Å²) in [6, 6.07) is 8.87. The molecule has 4 heteroatoms. The number of benzene rings is 1. The van der Waals surface area contributed by atoms with Crippen LogP contribution in [0.5, 0.6) is 0 Å². The van der Waals surface area contributed by atoms with E-state index in [9.17, 15) is 0 Å². The molecule has 0 radical (unpaired) electrons. The van der Waals surface area contributed by atoms with E-state index >= 15 is 0 Å². The van der Waals surface area contributed by atoms with Gasteiger partial charge in [-0.3, -0.25) is 0 Å². The molecule has 20 heavy (non-hydrogen) atoms. The number of fused-ring (bicyclic) bond motifs is 1. The maximum atomic E-state index is 5.86. The number of rotatable bonds is 4. The van der Waals surface area contributed by atoms with Crippen LogP contribution >= 0.6 is 0 Å². The van der Waals surface area contributed by atoms with E-state index in [2.05, 4.69) is 52.3 Å². The standard InChI is InChI=1S/C16H23N3O/c1-17-10-13-3-4-16-14(9-13)5-6-19(16)12-15-11-18(2)7-8-20-15/h3-6,9,15,17H,7-8,10-12H2,1-2H3. The van der Waals surface area contributed by atoms with Crippen molar-refractivity contribution in [2.75, 3.05) is 33.8 Å². The first-order valence-corrected chi connectivity index (χ1v) is 7.29. The second-order valence-electron chi connectivity index (χ2n) is 5.65. The molecule has 108 valence electrons. The van der Waals surface area contributed by atoms with Crippen molar-refractivity contribution in [2.24, 2.45) is 0 Å². The molecule has 2 aromatic rings. The van der Waals surface area contributed by atoms with Crippen LogP contribution in [0.4, 0.5) is 0 Å². The van der Waals surface area contributed by atoms with E-state index in [-0.39, 0.29) is 0 Å². The Kier molecular flexibility index (Phi) is 4.05. The van der Waals surface area contributed by atoms with Gasteiger partial charge >= 0.3 is 0 Å². The van der Waals surface area contributed by atoms with Gasteiger partial charge in [0.25, 0.3) is 0 Å². The number of nitrogens with zero attached hydrogens (tertiary/aromatic N) is 2. The van der Waals surface area contributed by atoms with Gasteiger partial charge in [0, 0.05) is 31.3 Å². The Morgan fingerprint density at radius 2 is 2.25 bits per heavy atom. The fourth-order valence-electron chi connectivity index (χ4n) is 2.92. The summed E-state index contributed by atoms with van der Waals surface area (Å²) in [5, 5.41) is 4.50. The normalized spacial score (nSPS) is 20.6. The Labute approximate surface area is 120 Å². The highest BCUT2D eigenvalue weighted by atomic mass is 16.5. The third kappa shape index (κ3) is 2.87. The lowest BCUT2D eigenvalue weighted by atomic mass is 10.1. The SMILES string of the molecule is CNCc1ccc2c(ccn2CC2CN(C)CCO2)c1. The number of aromatic nitrogens is 1. The highest BCUT2D eigenvalue weighted by Crippen LogP contribution is 2.19. The average Bonchev–Trinajstić information content (AvgIpc) is 2.82. The van der Waals surface area contributed by atoms with Crippen LogP contribution in [0.25, 0.3) is 10.9 Å². The highest BCUT2D eigenvalue weighted by molar-refractivity contribution is 5.80. The Morgan fingerprint density at radius 1 is 1.35 bits per heavy atom. The van der Waals surface area contributed by atoms with Gasteiger partial charge in [0.1, 0.15) is 0 Å². The van der Waals surface area contributed by atoms with E-state index in [1.807, 2.05) is 7.05 Å². The molecule has 1 atom stereocenters. The molecule has 0 amide bonds. The monoisotopic (exact) mass is 273 g/mol. The lowest BCUT2D eigenvalue weighted by molar-refractivity contribution is -0.0269. The Hall–Kier alpha value is -1.36. The van der Waals surface area contributed by atoms with Gasteiger partial charge < -0.3 is 19.5 Å². The molecule has 1 N–H and O–H groups in total. The van der Waals surface area contributed by atoms with Crippen molar-refractivity contribution in [2.45, 2.75) is 19.2 Å². The Morgan fingerprint density at radius 3 is 3.05 bits per heavy atom. The third-order valence-corrected chi connectivity index (χ3v) is 3.96. The summed E-state index contributed by atoms with van der Waals surface area (Å²) in [6.45, 7) is 4.73. The first-order chi connectivity index (χ1) is 9.76. The van der Waals surface area contributed by atoms with Crippen LogP contribution in [0.3, 0.4) is 0 Å². The predicted molar refractivity (Wildman–Crippen MR) is 81.9 cm³/mol. The molecule has 1 aliphatic rings. The quantitative estimate of drug-likeness (QED) is 0.919. The molecule has 4 nitrogen and oxygen atoms in total. The smallest absolute Gasteiger partial charge is 0.0881 e. The van der Waals surface area contributed by atoms with Gasteiger partial charge in [-0.25, -0.2) is 0 Å². The molecule has 1 aromatic heterocycles. The molecule has 0 saturated carbocycles. The van der Waals surface area contributed by atoms with E-state index < -0.39 is 0 Å². The molecule has 2 heterocycles. The minimum absolute atomic E-state index is 0.293. The van der Waals surface area contributed by atoms with Crippen molar-refractivity contribution >= 4 is 10.9 Å². The second-order valence-corrected chi connectivity index (χ2v) is 5.65. The molecular formula is C16H23N3O. The molecule has 0 aliphatic carbocycles. The van der Waals surface area contributed by atoms with Gasteiger partial charge in [-0.15, -0.1) is 0 Å². The zero-order valence-corrected chi connectivity index (χ0v) is 12.3. The molecule has 3 rings (SSSR count). The minimum Gasteiger partial charge on any atom is -0.374 e. The Bertz CT molecular complexity index is 578. The number of hydrogen-bond donors (Lipinski definition) is 1. The van der Waals surface area contributed by atoms with Crippen molar-refractivity contribution in [3.05, 3.63) is 36.0 Å². The summed E-state index contributed by atoms with van der Waals surface area (Å²) in [6.07, 6.45) is 2.47. The van der Waals surface area contributed by atoms with Crippen LogP contribution in [0.15, 0.2) is 30.5 Å². The number of nitrogens with one attached hydrogen (secondary N) is 1. The number of likely N-dealkylation sites (N-methyl/N-ethyl adjacent to an activating group) is 1. The van der Waals surface area contributed by atoms with Gasteiger partial charge in [0.05, 0.1) is 19.3 Å². The lowest BCUT2D eigenvalue weighted by Gasteiger charge is -2.30. The van der Waals surface area contributed by atoms with Crippen LogP contribution in [0.1, 0.15) is 5.56 Å². The van der Waals surface area contributed by atoms with Crippen LogP contribution in [-0.4, -0.2) is 49.4 Å². The zero-order valence-electron chi connectivity index (χ0n) is 12.3. The molecule has 1 fully saturated rings. The van der Waals surface area contributed by atoms with E-state index in [0.717, 1.165) is 32.8 Å². The third-order valence-electron chi connectivity index (χ3n) is 3.96. The highest BCUT2D eigenvalue weighted by Gasteiger charge is 2.18. The summed E-state index contributed by atoms with van der Waals surface area (Å²) in [5.41, 5.74) is 2.62. The van der Waals surface area contributed by atoms with Crippen LogP contribution in [0, 0.1) is 0 Å². The fraction of sp³-hybridized carbons (Fsp3) is 0.500. The molecule has 1 aromatic carbocycles. The van der Waals surface area contributed by atoms with E-state index in [0.29, 0.717) is 6.10 Å². The minimum atomic E-state index is 0.293. The van der Waals surface area contributed by atoms with Gasteiger partial charge in [-0.05, 0) is 43.2 Å². The van der Waals surface area contributed by atoms with E-state index in [4.69, 9.17) is 4.74 Å². The van der Waals surface area contributed by atoms with Crippen molar-refractivity contribution in [3.8, 4) is 0 Å². The fourth-order valence-corrected chi connectivity index (χ4v) is 2.92. The van der Waals surface area contributed by atoms with Gasteiger partial charge in [-0.2, -0.15) is 0 Å². The predicted octanol–water partition coefficient (Wildman–Crippen LogP) is 1.69.